The predicted octanol–water partition coefficient (Wildman–Crippen LogP) is 4.69. The zero-order valence-corrected chi connectivity index (χ0v) is 18.8. The number of anilines is 1. The Balaban J connectivity index is 1.88. The highest BCUT2D eigenvalue weighted by molar-refractivity contribution is 7.47. The van der Waals surface area contributed by atoms with E-state index in [9.17, 15) is 9.46 Å². The van der Waals surface area contributed by atoms with E-state index in [0.717, 1.165) is 47.9 Å². The quantitative estimate of drug-likeness (QED) is 0.421. The number of hydrogen-bond acceptors (Lipinski definition) is 6. The number of imidazole rings is 1. The molecule has 0 radical (unpaired) electrons. The molecular formula is C21H31N4O4P. The number of pyridine rings is 1. The Hall–Kier alpha value is -1.99. The summed E-state index contributed by atoms with van der Waals surface area (Å²) < 4.78 is 24.6. The molecule has 2 aromatic heterocycles. The number of rotatable bonds is 11. The van der Waals surface area contributed by atoms with Crippen LogP contribution >= 0.6 is 7.82 Å². The molecule has 2 heterocycles. The van der Waals surface area contributed by atoms with Crippen LogP contribution in [0.25, 0.3) is 21.9 Å². The normalized spacial score (nSPS) is 14.9. The first kappa shape index (κ1) is 22.7. The molecule has 0 amide bonds. The summed E-state index contributed by atoms with van der Waals surface area (Å²) in [5.74, 6) is 1.44. The van der Waals surface area contributed by atoms with Crippen LogP contribution in [0.15, 0.2) is 24.3 Å². The first-order valence-electron chi connectivity index (χ1n) is 10.5. The second-order valence-electron chi connectivity index (χ2n) is 7.61. The topological polar surface area (TPSA) is 112 Å². The third-order valence-electron chi connectivity index (χ3n) is 5.23. The van der Waals surface area contributed by atoms with Crippen molar-refractivity contribution in [3.63, 3.8) is 0 Å². The average molecular weight is 434 g/mol. The van der Waals surface area contributed by atoms with E-state index in [0.29, 0.717) is 17.9 Å². The van der Waals surface area contributed by atoms with Crippen LogP contribution < -0.4 is 5.73 Å². The summed E-state index contributed by atoms with van der Waals surface area (Å²) in [6, 6.07) is 7.76. The maximum absolute atomic E-state index is 12.2. The Morgan fingerprint density at radius 3 is 2.73 bits per heavy atom. The molecule has 1 unspecified atom stereocenters. The zero-order chi connectivity index (χ0) is 21.7. The molecule has 0 bridgehead atoms. The Morgan fingerprint density at radius 2 is 2.00 bits per heavy atom. The second-order valence-corrected chi connectivity index (χ2v) is 9.06. The summed E-state index contributed by atoms with van der Waals surface area (Å²) in [6.07, 6.45) is 3.65. The third kappa shape index (κ3) is 5.19. The Morgan fingerprint density at radius 1 is 1.23 bits per heavy atom. The molecule has 0 saturated heterocycles. The van der Waals surface area contributed by atoms with Crippen molar-refractivity contribution in [2.75, 3.05) is 18.9 Å². The fourth-order valence-electron chi connectivity index (χ4n) is 3.30. The van der Waals surface area contributed by atoms with E-state index in [1.807, 2.05) is 42.7 Å². The van der Waals surface area contributed by atoms with Gasteiger partial charge < -0.3 is 15.2 Å². The molecule has 0 saturated carbocycles. The molecule has 0 aliphatic carbocycles. The second kappa shape index (κ2) is 9.88. The molecule has 3 aromatic rings. The number of hydrogen-bond donors (Lipinski definition) is 2. The molecule has 0 fully saturated rings. The Bertz CT molecular complexity index is 1050. The maximum atomic E-state index is 12.2. The molecule has 3 rings (SSSR count). The number of phosphoric ester groups is 1. The van der Waals surface area contributed by atoms with Gasteiger partial charge in [-0.1, -0.05) is 51.8 Å². The minimum Gasteiger partial charge on any atom is -0.382 e. The first-order chi connectivity index (χ1) is 14.4. The van der Waals surface area contributed by atoms with Crippen molar-refractivity contribution >= 4 is 35.6 Å². The van der Waals surface area contributed by atoms with Gasteiger partial charge in [-0.05, 0) is 18.4 Å². The summed E-state index contributed by atoms with van der Waals surface area (Å²) in [5, 5.41) is 0.942. The predicted molar refractivity (Wildman–Crippen MR) is 119 cm³/mol. The van der Waals surface area contributed by atoms with Crippen molar-refractivity contribution in [3.8, 4) is 0 Å². The standard InChI is InChI=1S/C21H31N4O4P/c1-4-6-11-18-24-19-20(16-9-7-8-10-17(16)23-21(19)22)25(18)12-13-28-30(26,27)29-14-15(3)5-2/h7-10,15H,4-6,11-14H2,1-3H3,(H2,22,23)(H,26,27)/t15-/m1/s1. The molecule has 9 heteroatoms. The Labute approximate surface area is 177 Å². The summed E-state index contributed by atoms with van der Waals surface area (Å²) in [7, 11) is -4.10. The van der Waals surface area contributed by atoms with E-state index in [4.69, 9.17) is 19.8 Å². The number of benzene rings is 1. The molecule has 2 atom stereocenters. The molecule has 0 aliphatic rings. The first-order valence-corrected chi connectivity index (χ1v) is 12.0. The van der Waals surface area contributed by atoms with Crippen LogP contribution in [-0.2, 0) is 26.6 Å². The van der Waals surface area contributed by atoms with Gasteiger partial charge in [0.05, 0.1) is 24.2 Å². The van der Waals surface area contributed by atoms with Gasteiger partial charge in [-0.15, -0.1) is 0 Å². The Kier molecular flexibility index (Phi) is 7.47. The fourth-order valence-corrected chi connectivity index (χ4v) is 4.13. The number of nitrogen functional groups attached to an aromatic ring is 1. The summed E-state index contributed by atoms with van der Waals surface area (Å²) >= 11 is 0. The van der Waals surface area contributed by atoms with Crippen molar-refractivity contribution in [1.82, 2.24) is 14.5 Å². The number of aromatic nitrogens is 3. The lowest BCUT2D eigenvalue weighted by Gasteiger charge is -2.16. The van der Waals surface area contributed by atoms with E-state index in [1.165, 1.54) is 0 Å². The van der Waals surface area contributed by atoms with Crippen LogP contribution in [0.5, 0.6) is 0 Å². The molecule has 164 valence electrons. The van der Waals surface area contributed by atoms with Crippen LogP contribution in [0.2, 0.25) is 0 Å². The highest BCUT2D eigenvalue weighted by Gasteiger charge is 2.23. The van der Waals surface area contributed by atoms with E-state index in [-0.39, 0.29) is 19.1 Å². The van der Waals surface area contributed by atoms with Crippen molar-refractivity contribution in [3.05, 3.63) is 30.1 Å². The molecule has 0 spiro atoms. The highest BCUT2D eigenvalue weighted by atomic mass is 31.2. The number of fused-ring (bicyclic) bond motifs is 3. The summed E-state index contributed by atoms with van der Waals surface area (Å²) in [6.45, 7) is 6.66. The summed E-state index contributed by atoms with van der Waals surface area (Å²) in [5.41, 5.74) is 8.51. The van der Waals surface area contributed by atoms with Crippen molar-refractivity contribution in [1.29, 1.82) is 0 Å². The molecule has 3 N–H and O–H groups in total. The lowest BCUT2D eigenvalue weighted by atomic mass is 10.1. The minimum absolute atomic E-state index is 0.0232. The van der Waals surface area contributed by atoms with Gasteiger partial charge in [0, 0.05) is 18.4 Å². The van der Waals surface area contributed by atoms with Gasteiger partial charge in [0.25, 0.3) is 0 Å². The number of aryl methyl sites for hydroxylation is 1. The number of phosphoric acid groups is 1. The van der Waals surface area contributed by atoms with Gasteiger partial charge >= 0.3 is 7.82 Å². The smallest absolute Gasteiger partial charge is 0.382 e. The number of para-hydroxylation sites is 1. The monoisotopic (exact) mass is 434 g/mol. The fraction of sp³-hybridized carbons (Fsp3) is 0.524. The van der Waals surface area contributed by atoms with Gasteiger partial charge in [0.2, 0.25) is 0 Å². The van der Waals surface area contributed by atoms with Crippen LogP contribution in [0.1, 0.15) is 45.9 Å². The number of nitrogens with zero attached hydrogens (tertiary/aromatic N) is 3. The zero-order valence-electron chi connectivity index (χ0n) is 17.9. The number of unbranched alkanes of at least 4 members (excludes halogenated alkanes) is 1. The lowest BCUT2D eigenvalue weighted by Crippen LogP contribution is -2.11. The van der Waals surface area contributed by atoms with Crippen LogP contribution in [0, 0.1) is 5.92 Å². The average Bonchev–Trinajstić information content (AvgIpc) is 3.10. The molecule has 8 nitrogen and oxygen atoms in total. The van der Waals surface area contributed by atoms with Crippen LogP contribution in [-0.4, -0.2) is 32.6 Å². The SMILES string of the molecule is CCCCc1nc2c(N)nc3ccccc3c2n1CCOP(=O)(O)OC[C@H](C)CC. The van der Waals surface area contributed by atoms with Gasteiger partial charge in [-0.3, -0.25) is 9.05 Å². The molecule has 30 heavy (non-hydrogen) atoms. The van der Waals surface area contributed by atoms with Gasteiger partial charge in [0.1, 0.15) is 11.3 Å². The van der Waals surface area contributed by atoms with Gasteiger partial charge in [-0.2, -0.15) is 0 Å². The van der Waals surface area contributed by atoms with Gasteiger partial charge in [-0.25, -0.2) is 14.5 Å². The minimum atomic E-state index is -4.10. The van der Waals surface area contributed by atoms with Crippen LogP contribution in [0.3, 0.4) is 0 Å². The summed E-state index contributed by atoms with van der Waals surface area (Å²) in [4.78, 5) is 19.2. The van der Waals surface area contributed by atoms with Crippen LogP contribution in [0.4, 0.5) is 5.82 Å². The van der Waals surface area contributed by atoms with E-state index in [2.05, 4.69) is 11.9 Å². The van der Waals surface area contributed by atoms with E-state index in [1.54, 1.807) is 0 Å². The maximum Gasteiger partial charge on any atom is 0.472 e. The lowest BCUT2D eigenvalue weighted by molar-refractivity contribution is 0.130. The molecule has 0 aliphatic heterocycles. The van der Waals surface area contributed by atoms with E-state index < -0.39 is 7.82 Å². The van der Waals surface area contributed by atoms with E-state index >= 15 is 0 Å². The third-order valence-corrected chi connectivity index (χ3v) is 6.22. The van der Waals surface area contributed by atoms with Crippen molar-refractivity contribution in [2.45, 2.75) is 53.0 Å². The molecule has 1 aromatic carbocycles. The van der Waals surface area contributed by atoms with Crippen molar-refractivity contribution < 1.29 is 18.5 Å². The highest BCUT2D eigenvalue weighted by Crippen LogP contribution is 2.43. The molecular weight excluding hydrogens is 403 g/mol. The largest absolute Gasteiger partial charge is 0.472 e. The van der Waals surface area contributed by atoms with Crippen molar-refractivity contribution in [2.24, 2.45) is 5.92 Å². The number of nitrogens with two attached hydrogens (primary N) is 1. The van der Waals surface area contributed by atoms with Gasteiger partial charge in [0.15, 0.2) is 5.82 Å².